The summed E-state index contributed by atoms with van der Waals surface area (Å²) in [6.07, 6.45) is 11.1. The molecule has 0 radical (unpaired) electrons. The lowest BCUT2D eigenvalue weighted by atomic mass is 9.38. The highest BCUT2D eigenvalue weighted by molar-refractivity contribution is 5.84. The van der Waals surface area contributed by atoms with Crippen LogP contribution in [0, 0.1) is 22.7 Å². The van der Waals surface area contributed by atoms with E-state index in [2.05, 4.69) is 47.5 Å². The molecule has 29 heavy (non-hydrogen) atoms. The normalized spacial score (nSPS) is 47.3. The van der Waals surface area contributed by atoms with E-state index in [1.54, 1.807) is 0 Å². The molecular weight excluding hydrogens is 356 g/mol. The molecule has 5 atom stereocenters. The van der Waals surface area contributed by atoms with Crippen molar-refractivity contribution < 1.29 is 4.79 Å². The summed E-state index contributed by atoms with van der Waals surface area (Å²) in [5.41, 5.74) is 1.98. The Kier molecular flexibility index (Phi) is 4.02. The number of nitrogens with one attached hydrogen (secondary N) is 1. The third-order valence-electron chi connectivity index (χ3n) is 9.77. The molecule has 1 aromatic carbocycles. The highest BCUT2D eigenvalue weighted by Gasteiger charge is 2.65. The minimum Gasteiger partial charge on any atom is -0.351 e. The van der Waals surface area contributed by atoms with E-state index in [1.165, 1.54) is 57.2 Å². The first kappa shape index (κ1) is 18.4. The molecule has 0 aromatic heterocycles. The van der Waals surface area contributed by atoms with Crippen LogP contribution < -0.4 is 5.32 Å². The summed E-state index contributed by atoms with van der Waals surface area (Å²) in [5.74, 6) is 1.85. The Hall–Kier alpha value is -1.35. The van der Waals surface area contributed by atoms with Crippen LogP contribution in [0.2, 0.25) is 0 Å². The fraction of sp³-hybridized carbons (Fsp3) is 0.731. The molecule has 4 aliphatic carbocycles. The Morgan fingerprint density at radius 2 is 1.86 bits per heavy atom. The fourth-order valence-corrected chi connectivity index (χ4v) is 8.85. The van der Waals surface area contributed by atoms with Crippen molar-refractivity contribution in [1.82, 2.24) is 10.2 Å². The maximum absolute atomic E-state index is 13.9. The van der Waals surface area contributed by atoms with Crippen LogP contribution >= 0.6 is 0 Å². The standard InChI is InChI=1S/C26H36N2O/c1-2-24-12-19-13-25(16-24,21-6-4-3-5-7-21)18-26(14-19,17-24)23(29)27-22-15-28-10-8-20(22)9-11-28/h3-7,19-20,22H,2,8-18H2,1H3,(H,27,29)/t19?,22-,24-,25-,26?/m0/s1. The summed E-state index contributed by atoms with van der Waals surface area (Å²) >= 11 is 0. The molecule has 3 heteroatoms. The van der Waals surface area contributed by atoms with Crippen LogP contribution in [0.15, 0.2) is 30.3 Å². The number of carbonyl (C=O) groups is 1. The van der Waals surface area contributed by atoms with Gasteiger partial charge in [-0.3, -0.25) is 4.79 Å². The van der Waals surface area contributed by atoms with Gasteiger partial charge in [0.2, 0.25) is 5.91 Å². The molecule has 3 saturated heterocycles. The zero-order valence-electron chi connectivity index (χ0n) is 18.0. The van der Waals surface area contributed by atoms with Crippen molar-refractivity contribution in [3.05, 3.63) is 35.9 Å². The predicted octanol–water partition coefficient (Wildman–Crippen LogP) is 4.52. The monoisotopic (exact) mass is 392 g/mol. The number of rotatable bonds is 4. The third kappa shape index (κ3) is 2.76. The highest BCUT2D eigenvalue weighted by atomic mass is 16.2. The molecule has 7 fully saturated rings. The molecule has 156 valence electrons. The van der Waals surface area contributed by atoms with Crippen LogP contribution in [-0.2, 0) is 10.2 Å². The van der Waals surface area contributed by atoms with Gasteiger partial charge in [-0.05, 0) is 92.7 Å². The quantitative estimate of drug-likeness (QED) is 0.817. The van der Waals surface area contributed by atoms with Gasteiger partial charge in [0.25, 0.3) is 0 Å². The average molecular weight is 393 g/mol. The van der Waals surface area contributed by atoms with Crippen LogP contribution in [0.4, 0.5) is 0 Å². The van der Waals surface area contributed by atoms with Crippen molar-refractivity contribution in [3.8, 4) is 0 Å². The molecule has 7 aliphatic rings. The van der Waals surface area contributed by atoms with Crippen molar-refractivity contribution in [3.63, 3.8) is 0 Å². The SMILES string of the molecule is CC[C@@]12CC3CC(C(=O)N[C@H]4CN5CCC4CC5)(C1)C[C@](c1ccccc1)(C3)C2. The van der Waals surface area contributed by atoms with Crippen molar-refractivity contribution in [2.45, 2.75) is 76.2 Å². The zero-order valence-corrected chi connectivity index (χ0v) is 18.0. The first-order valence-electron chi connectivity index (χ1n) is 12.1. The molecule has 1 N–H and O–H groups in total. The van der Waals surface area contributed by atoms with Gasteiger partial charge in [0, 0.05) is 12.6 Å². The smallest absolute Gasteiger partial charge is 0.226 e. The molecule has 0 spiro atoms. The average Bonchev–Trinajstić information content (AvgIpc) is 2.74. The third-order valence-corrected chi connectivity index (χ3v) is 9.77. The number of nitrogens with zero attached hydrogens (tertiary/aromatic N) is 1. The van der Waals surface area contributed by atoms with Crippen LogP contribution in [0.1, 0.15) is 70.3 Å². The van der Waals surface area contributed by atoms with Crippen LogP contribution in [0.25, 0.3) is 0 Å². The van der Waals surface area contributed by atoms with E-state index >= 15 is 0 Å². The van der Waals surface area contributed by atoms with Gasteiger partial charge < -0.3 is 10.2 Å². The summed E-state index contributed by atoms with van der Waals surface area (Å²) in [6, 6.07) is 11.6. The van der Waals surface area contributed by atoms with Gasteiger partial charge in [0.15, 0.2) is 0 Å². The second-order valence-corrected chi connectivity index (χ2v) is 11.5. The summed E-state index contributed by atoms with van der Waals surface area (Å²) in [6.45, 7) is 5.93. The Bertz CT molecular complexity index is 800. The molecule has 1 amide bonds. The van der Waals surface area contributed by atoms with Gasteiger partial charge in [-0.25, -0.2) is 0 Å². The lowest BCUT2D eigenvalue weighted by Gasteiger charge is -2.66. The highest BCUT2D eigenvalue weighted by Crippen LogP contribution is 2.71. The molecule has 3 aliphatic heterocycles. The van der Waals surface area contributed by atoms with Crippen LogP contribution in [0.3, 0.4) is 0 Å². The largest absolute Gasteiger partial charge is 0.351 e. The van der Waals surface area contributed by atoms with Crippen LogP contribution in [-0.4, -0.2) is 36.5 Å². The van der Waals surface area contributed by atoms with Gasteiger partial charge in [0.1, 0.15) is 0 Å². The Morgan fingerprint density at radius 3 is 2.55 bits per heavy atom. The Balaban J connectivity index is 1.33. The van der Waals surface area contributed by atoms with Crippen molar-refractivity contribution in [2.75, 3.05) is 19.6 Å². The molecule has 3 nitrogen and oxygen atoms in total. The molecule has 3 heterocycles. The van der Waals surface area contributed by atoms with E-state index < -0.39 is 0 Å². The van der Waals surface area contributed by atoms with E-state index in [1.807, 2.05) is 0 Å². The van der Waals surface area contributed by atoms with E-state index in [0.717, 1.165) is 31.7 Å². The maximum atomic E-state index is 13.9. The van der Waals surface area contributed by atoms with E-state index in [0.29, 0.717) is 23.3 Å². The molecule has 6 bridgehead atoms. The topological polar surface area (TPSA) is 32.3 Å². The van der Waals surface area contributed by atoms with E-state index in [9.17, 15) is 4.79 Å². The van der Waals surface area contributed by atoms with Crippen molar-refractivity contribution in [2.24, 2.45) is 22.7 Å². The molecule has 4 saturated carbocycles. The van der Waals surface area contributed by atoms with Gasteiger partial charge in [-0.2, -0.15) is 0 Å². The predicted molar refractivity (Wildman–Crippen MR) is 116 cm³/mol. The van der Waals surface area contributed by atoms with Crippen molar-refractivity contribution in [1.29, 1.82) is 0 Å². The van der Waals surface area contributed by atoms with Crippen molar-refractivity contribution >= 4 is 5.91 Å². The molecule has 1 aromatic rings. The van der Waals surface area contributed by atoms with E-state index in [-0.39, 0.29) is 10.8 Å². The second-order valence-electron chi connectivity index (χ2n) is 11.5. The minimum atomic E-state index is -0.128. The molecular formula is C26H36N2O. The number of piperidine rings is 3. The number of hydrogen-bond donors (Lipinski definition) is 1. The molecule has 8 rings (SSSR count). The lowest BCUT2D eigenvalue weighted by Crippen LogP contribution is -2.65. The summed E-state index contributed by atoms with van der Waals surface area (Å²) < 4.78 is 0. The van der Waals surface area contributed by atoms with Gasteiger partial charge in [0.05, 0.1) is 5.41 Å². The summed E-state index contributed by atoms with van der Waals surface area (Å²) in [4.78, 5) is 16.5. The number of hydrogen-bond acceptors (Lipinski definition) is 2. The number of carbonyl (C=O) groups excluding carboxylic acids is 1. The van der Waals surface area contributed by atoms with Gasteiger partial charge >= 0.3 is 0 Å². The first-order chi connectivity index (χ1) is 14.0. The minimum absolute atomic E-state index is 0.128. The zero-order chi connectivity index (χ0) is 19.7. The summed E-state index contributed by atoms with van der Waals surface area (Å²) in [5, 5.41) is 3.64. The lowest BCUT2D eigenvalue weighted by molar-refractivity contribution is -0.165. The maximum Gasteiger partial charge on any atom is 0.226 e. The molecule has 2 unspecified atom stereocenters. The second kappa shape index (κ2) is 6.33. The van der Waals surface area contributed by atoms with E-state index in [4.69, 9.17) is 0 Å². The first-order valence-corrected chi connectivity index (χ1v) is 12.1. The fourth-order valence-electron chi connectivity index (χ4n) is 8.85. The van der Waals surface area contributed by atoms with Gasteiger partial charge in [-0.1, -0.05) is 43.7 Å². The number of benzene rings is 1. The Morgan fingerprint density at radius 1 is 1.07 bits per heavy atom. The number of amides is 1. The Labute approximate surface area is 175 Å². The van der Waals surface area contributed by atoms with Crippen LogP contribution in [0.5, 0.6) is 0 Å². The van der Waals surface area contributed by atoms with Gasteiger partial charge in [-0.15, -0.1) is 0 Å². The summed E-state index contributed by atoms with van der Waals surface area (Å²) in [7, 11) is 0. The number of fused-ring (bicyclic) bond motifs is 3.